The molecule has 13 heavy (non-hydrogen) atoms. The minimum absolute atomic E-state index is 0.191. The van der Waals surface area contributed by atoms with Gasteiger partial charge in [0.2, 0.25) is 0 Å². The van der Waals surface area contributed by atoms with Gasteiger partial charge in [-0.05, 0) is 11.6 Å². The lowest BCUT2D eigenvalue weighted by molar-refractivity contribution is 0.189. The smallest absolute Gasteiger partial charge is 0.303 e. The molecule has 72 valence electrons. The number of phosphoric acid groups is 1. The summed E-state index contributed by atoms with van der Waals surface area (Å²) in [6.07, 6.45) is 0. The summed E-state index contributed by atoms with van der Waals surface area (Å²) >= 11 is 5.72. The molecule has 0 atom stereocenters. The van der Waals surface area contributed by atoms with Gasteiger partial charge in [0, 0.05) is 5.02 Å². The van der Waals surface area contributed by atoms with E-state index in [1.54, 1.807) is 24.3 Å². The molecule has 2 N–H and O–H groups in total. The zero-order chi connectivity index (χ0) is 9.90. The Hall–Kier alpha value is -0.380. The molecule has 4 nitrogen and oxygen atoms in total. The molecule has 0 heterocycles. The fraction of sp³-hybridized carbons (Fsp3) is 0.143. The maximum atomic E-state index is 10.3. The Morgan fingerprint density at radius 2 is 2.00 bits per heavy atom. The molecular weight excluding hydrogens is 214 g/mol. The number of rotatable bonds is 3. The zero-order valence-electron chi connectivity index (χ0n) is 6.55. The van der Waals surface area contributed by atoms with Crippen molar-refractivity contribution in [3.8, 4) is 0 Å². The van der Waals surface area contributed by atoms with Crippen LogP contribution in [0.3, 0.4) is 0 Å². The summed E-state index contributed by atoms with van der Waals surface area (Å²) < 4.78 is 14.6. The van der Waals surface area contributed by atoms with Crippen molar-refractivity contribution in [1.29, 1.82) is 0 Å². The second-order valence-electron chi connectivity index (χ2n) is 2.36. The summed E-state index contributed by atoms with van der Waals surface area (Å²) in [4.78, 5) is 16.8. The number of hydrogen-bond acceptors (Lipinski definition) is 2. The molecule has 0 fully saturated rings. The van der Waals surface area contributed by atoms with Crippen LogP contribution >= 0.6 is 19.4 Å². The van der Waals surface area contributed by atoms with Gasteiger partial charge < -0.3 is 9.79 Å². The highest BCUT2D eigenvalue weighted by Gasteiger charge is 2.14. The van der Waals surface area contributed by atoms with Crippen LogP contribution in [0.4, 0.5) is 0 Å². The third-order valence-corrected chi connectivity index (χ3v) is 2.18. The normalized spacial score (nSPS) is 11.6. The van der Waals surface area contributed by atoms with Gasteiger partial charge in [0.15, 0.2) is 0 Å². The first-order valence-corrected chi connectivity index (χ1v) is 5.33. The number of halogens is 1. The van der Waals surface area contributed by atoms with E-state index in [1.807, 2.05) is 0 Å². The van der Waals surface area contributed by atoms with E-state index in [0.717, 1.165) is 0 Å². The molecule has 0 bridgehead atoms. The van der Waals surface area contributed by atoms with Crippen molar-refractivity contribution in [3.63, 3.8) is 0 Å². The predicted molar refractivity (Wildman–Crippen MR) is 48.3 cm³/mol. The van der Waals surface area contributed by atoms with Gasteiger partial charge >= 0.3 is 7.82 Å². The van der Waals surface area contributed by atoms with Crippen molar-refractivity contribution in [3.05, 3.63) is 34.9 Å². The Morgan fingerprint density at radius 1 is 1.38 bits per heavy atom. The SMILES string of the molecule is O=P(O)(O)OCc1ccccc1Cl. The van der Waals surface area contributed by atoms with Gasteiger partial charge in [-0.15, -0.1) is 0 Å². The molecule has 0 saturated carbocycles. The standard InChI is InChI=1S/C7H8ClO4P/c8-7-4-2-1-3-6(7)5-12-13(9,10)11/h1-4H,5H2,(H2,9,10,11). The summed E-state index contributed by atoms with van der Waals surface area (Å²) in [5, 5.41) is 0.427. The minimum atomic E-state index is -4.41. The van der Waals surface area contributed by atoms with E-state index in [2.05, 4.69) is 4.52 Å². The second kappa shape index (κ2) is 4.22. The average molecular weight is 223 g/mol. The highest BCUT2D eigenvalue weighted by molar-refractivity contribution is 7.46. The first kappa shape index (κ1) is 10.7. The van der Waals surface area contributed by atoms with Crippen LogP contribution < -0.4 is 0 Å². The molecule has 0 saturated heterocycles. The topological polar surface area (TPSA) is 66.8 Å². The Morgan fingerprint density at radius 3 is 2.54 bits per heavy atom. The van der Waals surface area contributed by atoms with Gasteiger partial charge in [-0.25, -0.2) is 4.57 Å². The van der Waals surface area contributed by atoms with Crippen LogP contribution in [0.15, 0.2) is 24.3 Å². The van der Waals surface area contributed by atoms with E-state index in [1.165, 1.54) is 0 Å². The Bertz CT molecular complexity index is 335. The first-order chi connectivity index (χ1) is 5.99. The van der Waals surface area contributed by atoms with Crippen LogP contribution in [-0.2, 0) is 15.7 Å². The number of phosphoric ester groups is 1. The third kappa shape index (κ3) is 3.89. The quantitative estimate of drug-likeness (QED) is 0.767. The van der Waals surface area contributed by atoms with Gasteiger partial charge in [-0.2, -0.15) is 0 Å². The van der Waals surface area contributed by atoms with Crippen molar-refractivity contribution < 1.29 is 18.9 Å². The van der Waals surface area contributed by atoms with Crippen molar-refractivity contribution in [1.82, 2.24) is 0 Å². The van der Waals surface area contributed by atoms with Crippen LogP contribution in [0.25, 0.3) is 0 Å². The highest BCUT2D eigenvalue weighted by Crippen LogP contribution is 2.37. The molecule has 0 radical (unpaired) electrons. The van der Waals surface area contributed by atoms with Crippen LogP contribution in [0.1, 0.15) is 5.56 Å². The van der Waals surface area contributed by atoms with E-state index < -0.39 is 7.82 Å². The van der Waals surface area contributed by atoms with Gasteiger partial charge in [0.25, 0.3) is 0 Å². The van der Waals surface area contributed by atoms with E-state index in [0.29, 0.717) is 10.6 Å². The van der Waals surface area contributed by atoms with Gasteiger partial charge in [-0.1, -0.05) is 29.8 Å². The van der Waals surface area contributed by atoms with Gasteiger partial charge in [0.05, 0.1) is 6.61 Å². The summed E-state index contributed by atoms with van der Waals surface area (Å²) in [6.45, 7) is -0.191. The fourth-order valence-corrected chi connectivity index (χ4v) is 1.27. The summed E-state index contributed by atoms with van der Waals surface area (Å²) in [5.41, 5.74) is 0.549. The molecular formula is C7H8ClO4P. The van der Waals surface area contributed by atoms with Gasteiger partial charge in [-0.3, -0.25) is 4.52 Å². The summed E-state index contributed by atoms with van der Waals surface area (Å²) in [7, 11) is -4.41. The van der Waals surface area contributed by atoms with E-state index in [4.69, 9.17) is 21.4 Å². The van der Waals surface area contributed by atoms with Gasteiger partial charge in [0.1, 0.15) is 0 Å². The lowest BCUT2D eigenvalue weighted by Gasteiger charge is -2.05. The molecule has 1 aromatic rings. The van der Waals surface area contributed by atoms with Crippen LogP contribution in [0.5, 0.6) is 0 Å². The minimum Gasteiger partial charge on any atom is -0.303 e. The van der Waals surface area contributed by atoms with Crippen molar-refractivity contribution in [2.45, 2.75) is 6.61 Å². The lowest BCUT2D eigenvalue weighted by atomic mass is 10.2. The zero-order valence-corrected chi connectivity index (χ0v) is 8.20. The molecule has 0 unspecified atom stereocenters. The second-order valence-corrected chi connectivity index (χ2v) is 4.00. The number of hydrogen-bond donors (Lipinski definition) is 2. The Balaban J connectivity index is 2.65. The molecule has 0 spiro atoms. The monoisotopic (exact) mass is 222 g/mol. The highest BCUT2D eigenvalue weighted by atomic mass is 35.5. The largest absolute Gasteiger partial charge is 0.469 e. The van der Waals surface area contributed by atoms with E-state index >= 15 is 0 Å². The molecule has 0 amide bonds. The van der Waals surface area contributed by atoms with Crippen molar-refractivity contribution in [2.24, 2.45) is 0 Å². The first-order valence-electron chi connectivity index (χ1n) is 3.42. The Labute approximate surface area is 80.4 Å². The van der Waals surface area contributed by atoms with Crippen LogP contribution in [-0.4, -0.2) is 9.79 Å². The molecule has 6 heteroatoms. The van der Waals surface area contributed by atoms with Crippen LogP contribution in [0, 0.1) is 0 Å². The summed E-state index contributed by atoms with van der Waals surface area (Å²) in [6, 6.07) is 6.70. The van der Waals surface area contributed by atoms with E-state index in [-0.39, 0.29) is 6.61 Å². The molecule has 0 aliphatic carbocycles. The summed E-state index contributed by atoms with van der Waals surface area (Å²) in [5.74, 6) is 0. The van der Waals surface area contributed by atoms with Crippen molar-refractivity contribution >= 4 is 19.4 Å². The number of benzene rings is 1. The molecule has 1 aromatic carbocycles. The molecule has 0 aliphatic rings. The average Bonchev–Trinajstić information content (AvgIpc) is 2.01. The van der Waals surface area contributed by atoms with Crippen molar-refractivity contribution in [2.75, 3.05) is 0 Å². The van der Waals surface area contributed by atoms with Crippen LogP contribution in [0.2, 0.25) is 5.02 Å². The molecule has 1 rings (SSSR count). The molecule has 0 aliphatic heterocycles. The maximum absolute atomic E-state index is 10.3. The predicted octanol–water partition coefficient (Wildman–Crippen LogP) is 1.95. The molecule has 0 aromatic heterocycles. The maximum Gasteiger partial charge on any atom is 0.469 e. The van der Waals surface area contributed by atoms with E-state index in [9.17, 15) is 4.57 Å². The lowest BCUT2D eigenvalue weighted by Crippen LogP contribution is -1.91. The third-order valence-electron chi connectivity index (χ3n) is 1.35. The Kier molecular flexibility index (Phi) is 3.47. The fourth-order valence-electron chi connectivity index (χ4n) is 0.769.